The molecule has 1 aromatic carbocycles. The van der Waals surface area contributed by atoms with E-state index in [0.29, 0.717) is 18.2 Å². The van der Waals surface area contributed by atoms with Gasteiger partial charge in [0.1, 0.15) is 11.3 Å². The van der Waals surface area contributed by atoms with Crippen LogP contribution in [0.1, 0.15) is 82.3 Å². The molecular weight excluding hydrogens is 350 g/mol. The summed E-state index contributed by atoms with van der Waals surface area (Å²) in [4.78, 5) is 14.7. The smallest absolute Gasteiger partial charge is 0.222 e. The molecule has 1 aliphatic rings. The van der Waals surface area contributed by atoms with Gasteiger partial charge in [-0.05, 0) is 50.2 Å². The minimum Gasteiger partial charge on any atom is -0.496 e. The number of rotatable bonds is 11. The molecule has 0 spiro atoms. The van der Waals surface area contributed by atoms with Gasteiger partial charge in [0.25, 0.3) is 0 Å². The highest BCUT2D eigenvalue weighted by molar-refractivity contribution is 5.88. The summed E-state index contributed by atoms with van der Waals surface area (Å²) in [6.07, 6.45) is 11.4. The molecule has 0 saturated carbocycles. The largest absolute Gasteiger partial charge is 0.496 e. The van der Waals surface area contributed by atoms with Gasteiger partial charge in [-0.1, -0.05) is 33.1 Å². The fraction of sp³-hybridized carbons (Fsp3) is 0.625. The number of amides is 1. The van der Waals surface area contributed by atoms with Gasteiger partial charge in [0, 0.05) is 36.0 Å². The number of nitrogens with zero attached hydrogens (tertiary/aromatic N) is 1. The first-order valence-corrected chi connectivity index (χ1v) is 11.0. The summed E-state index contributed by atoms with van der Waals surface area (Å²) in [6.45, 7) is 6.06. The maximum Gasteiger partial charge on any atom is 0.222 e. The van der Waals surface area contributed by atoms with E-state index < -0.39 is 0 Å². The third-order valence-corrected chi connectivity index (χ3v) is 6.08. The van der Waals surface area contributed by atoms with Crippen LogP contribution >= 0.6 is 0 Å². The van der Waals surface area contributed by atoms with Crippen molar-refractivity contribution in [2.24, 2.45) is 0 Å². The van der Waals surface area contributed by atoms with Crippen LogP contribution in [0.4, 0.5) is 0 Å². The van der Waals surface area contributed by atoms with Crippen LogP contribution in [-0.2, 0) is 11.2 Å². The van der Waals surface area contributed by atoms with E-state index in [1.54, 1.807) is 7.11 Å². The summed E-state index contributed by atoms with van der Waals surface area (Å²) in [5.41, 5.74) is 3.52. The van der Waals surface area contributed by atoms with Crippen molar-refractivity contribution in [3.8, 4) is 5.75 Å². The zero-order valence-electron chi connectivity index (χ0n) is 17.8. The minimum atomic E-state index is 0.314. The van der Waals surface area contributed by atoms with E-state index in [9.17, 15) is 4.79 Å². The van der Waals surface area contributed by atoms with Gasteiger partial charge in [-0.15, -0.1) is 0 Å². The number of furan rings is 1. The zero-order valence-corrected chi connectivity index (χ0v) is 17.8. The average Bonchev–Trinajstić information content (AvgIpc) is 3.14. The third kappa shape index (κ3) is 4.53. The number of ether oxygens (including phenoxy) is 1. The van der Waals surface area contributed by atoms with Gasteiger partial charge < -0.3 is 14.1 Å². The summed E-state index contributed by atoms with van der Waals surface area (Å²) >= 11 is 0. The van der Waals surface area contributed by atoms with Crippen molar-refractivity contribution in [1.29, 1.82) is 0 Å². The molecule has 0 fully saturated rings. The predicted molar refractivity (Wildman–Crippen MR) is 114 cm³/mol. The van der Waals surface area contributed by atoms with E-state index in [2.05, 4.69) is 18.7 Å². The second kappa shape index (κ2) is 9.99. The summed E-state index contributed by atoms with van der Waals surface area (Å²) in [7, 11) is 1.74. The molecule has 0 aliphatic heterocycles. The van der Waals surface area contributed by atoms with Crippen molar-refractivity contribution in [3.63, 3.8) is 0 Å². The highest BCUT2D eigenvalue weighted by Crippen LogP contribution is 2.43. The fourth-order valence-corrected chi connectivity index (χ4v) is 4.50. The van der Waals surface area contributed by atoms with E-state index in [0.717, 1.165) is 56.5 Å². The zero-order chi connectivity index (χ0) is 19.9. The molecule has 0 saturated heterocycles. The summed E-state index contributed by atoms with van der Waals surface area (Å²) < 4.78 is 11.4. The van der Waals surface area contributed by atoms with Gasteiger partial charge >= 0.3 is 0 Å². The molecule has 1 aliphatic carbocycles. The van der Waals surface area contributed by atoms with E-state index in [1.165, 1.54) is 35.8 Å². The van der Waals surface area contributed by atoms with Gasteiger partial charge in [0.05, 0.1) is 13.4 Å². The Hall–Kier alpha value is -1.97. The first-order chi connectivity index (χ1) is 13.7. The molecule has 0 N–H and O–H groups in total. The molecule has 3 rings (SSSR count). The second-order valence-corrected chi connectivity index (χ2v) is 8.03. The molecule has 0 radical (unpaired) electrons. The van der Waals surface area contributed by atoms with Crippen LogP contribution < -0.4 is 4.74 Å². The molecule has 4 nitrogen and oxygen atoms in total. The first-order valence-electron chi connectivity index (χ1n) is 11.0. The Kier molecular flexibility index (Phi) is 7.41. The standard InChI is InChI=1S/C24H35NO3/c1-4-6-7-8-15-25(23(26)9-5-2)16-14-18-10-11-19-21(27-3)12-13-22-24(19)20(18)17-28-22/h12-13,17-18H,4-11,14-16H2,1-3H3. The van der Waals surface area contributed by atoms with Crippen LogP contribution in [0, 0.1) is 0 Å². The Labute approximate surface area is 169 Å². The van der Waals surface area contributed by atoms with Crippen LogP contribution in [0.2, 0.25) is 0 Å². The highest BCUT2D eigenvalue weighted by atomic mass is 16.5. The normalized spacial score (nSPS) is 15.8. The van der Waals surface area contributed by atoms with Crippen LogP contribution in [0.5, 0.6) is 5.75 Å². The molecule has 1 amide bonds. The van der Waals surface area contributed by atoms with Crippen molar-refractivity contribution in [2.45, 2.75) is 77.6 Å². The van der Waals surface area contributed by atoms with Crippen molar-refractivity contribution >= 4 is 16.9 Å². The molecule has 4 heteroatoms. The number of carbonyl (C=O) groups excluding carboxylic acids is 1. The van der Waals surface area contributed by atoms with E-state index in [1.807, 2.05) is 18.4 Å². The van der Waals surface area contributed by atoms with Crippen LogP contribution in [0.25, 0.3) is 11.0 Å². The Balaban J connectivity index is 1.69. The number of aryl methyl sites for hydroxylation is 1. The lowest BCUT2D eigenvalue weighted by Gasteiger charge is -2.27. The Morgan fingerprint density at radius 2 is 2.04 bits per heavy atom. The number of hydrogen-bond donors (Lipinski definition) is 0. The average molecular weight is 386 g/mol. The van der Waals surface area contributed by atoms with Gasteiger partial charge in [-0.25, -0.2) is 0 Å². The fourth-order valence-electron chi connectivity index (χ4n) is 4.50. The van der Waals surface area contributed by atoms with Crippen molar-refractivity contribution < 1.29 is 13.9 Å². The summed E-state index contributed by atoms with van der Waals surface area (Å²) in [5.74, 6) is 1.73. The van der Waals surface area contributed by atoms with E-state index >= 15 is 0 Å². The number of hydrogen-bond acceptors (Lipinski definition) is 3. The molecule has 1 heterocycles. The maximum absolute atomic E-state index is 12.6. The first kappa shape index (κ1) is 20.8. The number of unbranched alkanes of at least 4 members (excludes halogenated alkanes) is 3. The molecule has 1 atom stereocenters. The van der Waals surface area contributed by atoms with E-state index in [-0.39, 0.29) is 0 Å². The number of methoxy groups -OCH3 is 1. The Bertz CT molecular complexity index is 779. The lowest BCUT2D eigenvalue weighted by atomic mass is 9.82. The summed E-state index contributed by atoms with van der Waals surface area (Å²) in [6, 6.07) is 4.01. The number of benzene rings is 1. The monoisotopic (exact) mass is 385 g/mol. The van der Waals surface area contributed by atoms with Gasteiger partial charge in [0.2, 0.25) is 5.91 Å². The highest BCUT2D eigenvalue weighted by Gasteiger charge is 2.27. The number of carbonyl (C=O) groups is 1. The van der Waals surface area contributed by atoms with Crippen LogP contribution in [0.3, 0.4) is 0 Å². The predicted octanol–water partition coefficient (Wildman–Crippen LogP) is 6.07. The molecule has 1 unspecified atom stereocenters. The Morgan fingerprint density at radius 1 is 1.18 bits per heavy atom. The second-order valence-electron chi connectivity index (χ2n) is 8.03. The molecule has 28 heavy (non-hydrogen) atoms. The molecule has 2 aromatic rings. The van der Waals surface area contributed by atoms with Crippen molar-refractivity contribution in [2.75, 3.05) is 20.2 Å². The quantitative estimate of drug-likeness (QED) is 0.441. The molecule has 1 aromatic heterocycles. The van der Waals surface area contributed by atoms with Crippen LogP contribution in [-0.4, -0.2) is 31.0 Å². The van der Waals surface area contributed by atoms with Crippen LogP contribution in [0.15, 0.2) is 22.8 Å². The molecular formula is C24H35NO3. The van der Waals surface area contributed by atoms with Crippen molar-refractivity contribution in [3.05, 3.63) is 29.5 Å². The van der Waals surface area contributed by atoms with Crippen molar-refractivity contribution in [1.82, 2.24) is 4.90 Å². The summed E-state index contributed by atoms with van der Waals surface area (Å²) in [5, 5.41) is 1.24. The van der Waals surface area contributed by atoms with E-state index in [4.69, 9.17) is 9.15 Å². The maximum atomic E-state index is 12.6. The molecule has 0 bridgehead atoms. The lowest BCUT2D eigenvalue weighted by Crippen LogP contribution is -2.33. The Morgan fingerprint density at radius 3 is 2.79 bits per heavy atom. The topological polar surface area (TPSA) is 42.7 Å². The van der Waals surface area contributed by atoms with Gasteiger partial charge in [-0.3, -0.25) is 4.79 Å². The minimum absolute atomic E-state index is 0.314. The molecule has 154 valence electrons. The van der Waals surface area contributed by atoms with Gasteiger partial charge in [0.15, 0.2) is 0 Å². The third-order valence-electron chi connectivity index (χ3n) is 6.08. The lowest BCUT2D eigenvalue weighted by molar-refractivity contribution is -0.131. The van der Waals surface area contributed by atoms with Gasteiger partial charge in [-0.2, -0.15) is 0 Å². The SMILES string of the molecule is CCCCCCN(CCC1CCc2c(OC)ccc3occ1c23)C(=O)CCC.